The Kier molecular flexibility index (Phi) is 52.4. The third-order valence-electron chi connectivity index (χ3n) is 18.0. The van der Waals surface area contributed by atoms with Crippen molar-refractivity contribution in [1.82, 2.24) is 13.7 Å². The van der Waals surface area contributed by atoms with E-state index in [4.69, 9.17) is 39.8 Å². The van der Waals surface area contributed by atoms with Gasteiger partial charge in [-0.3, -0.25) is 0 Å². The van der Waals surface area contributed by atoms with E-state index in [-0.39, 0.29) is 50.9 Å². The summed E-state index contributed by atoms with van der Waals surface area (Å²) in [6, 6.07) is 2.79. The van der Waals surface area contributed by atoms with Crippen LogP contribution in [0.25, 0.3) is 0 Å². The molecule has 93 heavy (non-hydrogen) atoms. The molecule has 15 nitrogen and oxygen atoms in total. The minimum absolute atomic E-state index is 0. The van der Waals surface area contributed by atoms with Crippen molar-refractivity contribution >= 4 is 26.4 Å². The molecule has 3 heterocycles. The summed E-state index contributed by atoms with van der Waals surface area (Å²) >= 11 is 0. The molecule has 0 aliphatic rings. The Bertz CT molecular complexity index is 2110. The molecule has 0 saturated carbocycles. The Balaban J connectivity index is 0.0000144. The third-order valence-corrected chi connectivity index (χ3v) is 27.4. The Labute approximate surface area is 603 Å². The van der Waals surface area contributed by atoms with Crippen molar-refractivity contribution in [2.75, 3.05) is 59.5 Å². The predicted molar refractivity (Wildman–Crippen MR) is 373 cm³/mol. The number of halogens is 3. The van der Waals surface area contributed by atoms with Gasteiger partial charge in [-0.25, -0.2) is 27.4 Å². The Hall–Kier alpha value is -1.42. The van der Waals surface area contributed by atoms with Gasteiger partial charge >= 0.3 is 26.4 Å². The van der Waals surface area contributed by atoms with Gasteiger partial charge < -0.3 is 90.8 Å². The highest BCUT2D eigenvalue weighted by molar-refractivity contribution is 6.61. The lowest BCUT2D eigenvalue weighted by atomic mass is 9.87. The highest BCUT2D eigenvalue weighted by atomic mass is 79.9. The van der Waals surface area contributed by atoms with Gasteiger partial charge in [0.1, 0.15) is 56.8 Å². The number of nitrogens with zero attached hydrogens (tertiary/aromatic N) is 6. The minimum Gasteiger partial charge on any atom is -1.00 e. The summed E-state index contributed by atoms with van der Waals surface area (Å²) in [6.07, 6.45) is 54.9. The van der Waals surface area contributed by atoms with E-state index < -0.39 is 26.4 Å². The van der Waals surface area contributed by atoms with Crippen molar-refractivity contribution in [3.63, 3.8) is 0 Å². The van der Waals surface area contributed by atoms with E-state index in [0.29, 0.717) is 59.5 Å². The molecule has 1 aromatic carbocycles. The smallest absolute Gasteiger partial charge is 0.500 e. The summed E-state index contributed by atoms with van der Waals surface area (Å²) in [4.78, 5) is 0. The molecule has 4 aromatic rings. The van der Waals surface area contributed by atoms with Crippen molar-refractivity contribution in [2.24, 2.45) is 0 Å². The monoisotopic (exact) mass is 1550 g/mol. The Morgan fingerprint density at radius 3 is 0.624 bits per heavy atom. The van der Waals surface area contributed by atoms with Crippen molar-refractivity contribution in [1.29, 1.82) is 0 Å². The molecular formula is C72H135Br3N6O9Si3. The molecule has 0 unspecified atom stereocenters. The number of benzene rings is 1. The van der Waals surface area contributed by atoms with E-state index >= 15 is 0 Å². The number of hydrogen-bond donors (Lipinski definition) is 0. The molecule has 0 N–H and O–H groups in total. The Morgan fingerprint density at radius 1 is 0.269 bits per heavy atom. The molecule has 540 valence electrons. The SMILES string of the molecule is CCO[Si](CCCCCCCCCCCn1cc[n+](Cc2c(C)c(C[n+]3ccn(CCCCCCCCCCC[Si](OCC)(OCC)OCC)c3)c(C)c(C[n+]3ccn(CCCCCCCCCCC[Si](OCC)(OCC)OCC)c3)c2C)c1)(OCC)OCC.[Br-].[Br-].[Br-]. The fourth-order valence-electron chi connectivity index (χ4n) is 13.3. The van der Waals surface area contributed by atoms with Crippen LogP contribution in [-0.4, -0.2) is 99.6 Å². The fraction of sp³-hybridized carbons (Fsp3) is 0.792. The maximum Gasteiger partial charge on any atom is 0.500 e. The summed E-state index contributed by atoms with van der Waals surface area (Å²) in [5.41, 5.74) is 8.64. The van der Waals surface area contributed by atoms with Crippen LogP contribution in [0.4, 0.5) is 0 Å². The van der Waals surface area contributed by atoms with Gasteiger partial charge in [-0.15, -0.1) is 0 Å². The van der Waals surface area contributed by atoms with E-state index in [1.807, 2.05) is 62.3 Å². The normalized spacial score (nSPS) is 12.0. The lowest BCUT2D eigenvalue weighted by Crippen LogP contribution is -3.00. The van der Waals surface area contributed by atoms with Crippen molar-refractivity contribution < 1.29 is 104 Å². The number of imidazole rings is 3. The number of aryl methyl sites for hydroxylation is 3. The molecule has 0 radical (unpaired) electrons. The highest BCUT2D eigenvalue weighted by Crippen LogP contribution is 2.29. The topological polar surface area (TPSA) is 110 Å². The second kappa shape index (κ2) is 54.4. The molecule has 0 saturated heterocycles. The van der Waals surface area contributed by atoms with Crippen LogP contribution in [0.2, 0.25) is 18.1 Å². The van der Waals surface area contributed by atoms with Gasteiger partial charge in [-0.05, 0) is 158 Å². The van der Waals surface area contributed by atoms with E-state index in [0.717, 1.165) is 76.7 Å². The third kappa shape index (κ3) is 35.0. The molecule has 4 rings (SSSR count). The second-order valence-electron chi connectivity index (χ2n) is 25.0. The molecule has 0 spiro atoms. The zero-order valence-corrected chi connectivity index (χ0v) is 68.8. The first-order valence-electron chi connectivity index (χ1n) is 36.9. The lowest BCUT2D eigenvalue weighted by molar-refractivity contribution is -0.690. The molecule has 0 amide bonds. The molecular weight excluding hydrogens is 1420 g/mol. The standard InChI is InChI=1S/C72H135N6O9Si3.3BrH/c1-13-79-88(80-14-2,81-15-3)58-46-40-34-28-22-25-31-37-43-49-73-52-55-76(64-73)61-70-67(10)71(62-77-56-53-74(65-77)50-44-38-32-26-23-29-35-41-47-59-89(82-16-4,83-17-5)84-18-6)69(12)72(68(70)11)63-78-57-54-75(66-78)51-45-39-33-27-24-30-36-42-48-60-90(85-19-7,86-20-8)87-21-9;;;/h52-57,64-66H,13-51,58-63H2,1-12H3;3*1H/q+3;;;/p-3. The molecule has 21 heteroatoms. The predicted octanol–water partition coefficient (Wildman–Crippen LogP) is 7.71. The first-order valence-corrected chi connectivity index (χ1v) is 42.7. The van der Waals surface area contributed by atoms with E-state index in [2.05, 4.69) is 104 Å². The Morgan fingerprint density at radius 2 is 0.441 bits per heavy atom. The second-order valence-corrected chi connectivity index (χ2v) is 33.2. The molecule has 0 atom stereocenters. The van der Waals surface area contributed by atoms with Crippen LogP contribution in [0.5, 0.6) is 0 Å². The molecule has 0 aliphatic carbocycles. The average Bonchev–Trinajstić information content (AvgIpc) is 1.67. The summed E-state index contributed by atoms with van der Waals surface area (Å²) in [6.45, 7) is 37.2. The highest BCUT2D eigenvalue weighted by Gasteiger charge is 2.41. The van der Waals surface area contributed by atoms with Gasteiger partial charge in [0.2, 0.25) is 19.0 Å². The lowest BCUT2D eigenvalue weighted by Gasteiger charge is -2.28. The van der Waals surface area contributed by atoms with Crippen LogP contribution in [0.3, 0.4) is 0 Å². The zero-order chi connectivity index (χ0) is 65.0. The number of unbranched alkanes of at least 4 members (excludes halogenated alkanes) is 24. The minimum atomic E-state index is -2.52. The van der Waals surface area contributed by atoms with Crippen molar-refractivity contribution in [2.45, 2.75) is 314 Å². The average molecular weight is 1550 g/mol. The molecule has 0 bridgehead atoms. The van der Waals surface area contributed by atoms with E-state index in [1.54, 1.807) is 0 Å². The van der Waals surface area contributed by atoms with Gasteiger partial charge in [0.15, 0.2) is 0 Å². The van der Waals surface area contributed by atoms with Crippen LogP contribution in [0.15, 0.2) is 56.2 Å². The zero-order valence-electron chi connectivity index (χ0n) is 61.0. The number of aromatic nitrogens is 6. The summed E-state index contributed by atoms with van der Waals surface area (Å²) in [5, 5.41) is 0. The number of rotatable bonds is 60. The van der Waals surface area contributed by atoms with Crippen molar-refractivity contribution in [3.05, 3.63) is 89.5 Å². The maximum atomic E-state index is 6.07. The van der Waals surface area contributed by atoms with Gasteiger partial charge in [0.05, 0.1) is 19.6 Å². The van der Waals surface area contributed by atoms with Gasteiger partial charge in [-0.1, -0.05) is 116 Å². The van der Waals surface area contributed by atoms with Crippen molar-refractivity contribution in [3.8, 4) is 0 Å². The van der Waals surface area contributed by atoms with Crippen LogP contribution >= 0.6 is 0 Å². The van der Waals surface area contributed by atoms with Gasteiger partial charge in [-0.2, -0.15) is 0 Å². The van der Waals surface area contributed by atoms with Crippen LogP contribution < -0.4 is 64.6 Å². The van der Waals surface area contributed by atoms with E-state index in [1.165, 1.54) is 187 Å². The number of hydrogen-bond acceptors (Lipinski definition) is 9. The maximum absolute atomic E-state index is 6.07. The summed E-state index contributed by atoms with van der Waals surface area (Å²) in [5.74, 6) is 0. The summed E-state index contributed by atoms with van der Waals surface area (Å²) in [7, 11) is -7.55. The first kappa shape index (κ1) is 89.6. The first-order chi connectivity index (χ1) is 43.9. The molecule has 3 aromatic heterocycles. The van der Waals surface area contributed by atoms with Crippen LogP contribution in [0.1, 0.15) is 269 Å². The van der Waals surface area contributed by atoms with E-state index in [9.17, 15) is 0 Å². The molecule has 0 aliphatic heterocycles. The quantitative estimate of drug-likeness (QED) is 0.0250. The van der Waals surface area contributed by atoms with Crippen LogP contribution in [-0.2, 0) is 79.1 Å². The summed E-state index contributed by atoms with van der Waals surface area (Å²) < 4.78 is 69.1. The largest absolute Gasteiger partial charge is 1.00 e. The van der Waals surface area contributed by atoms with Crippen LogP contribution in [0, 0.1) is 20.8 Å². The fourth-order valence-corrected chi connectivity index (χ4v) is 21.3. The van der Waals surface area contributed by atoms with Gasteiger partial charge in [0.25, 0.3) is 0 Å². The van der Waals surface area contributed by atoms with Gasteiger partial charge in [0, 0.05) is 94.3 Å². The molecule has 0 fully saturated rings.